The number of aliphatic imine (C=N–C) groups is 1. The molecule has 1 heterocycles. The van der Waals surface area contributed by atoms with Gasteiger partial charge in [0.05, 0.1) is 23.8 Å². The highest BCUT2D eigenvalue weighted by Gasteiger charge is 2.05. The minimum Gasteiger partial charge on any atom is -0.357 e. The van der Waals surface area contributed by atoms with Gasteiger partial charge in [0, 0.05) is 11.4 Å². The Hall–Kier alpha value is -1.15. The second-order valence-corrected chi connectivity index (χ2v) is 6.06. The van der Waals surface area contributed by atoms with Crippen molar-refractivity contribution < 1.29 is 0 Å². The van der Waals surface area contributed by atoms with Gasteiger partial charge in [-0.05, 0) is 26.3 Å². The predicted molar refractivity (Wildman–Crippen MR) is 105 cm³/mol. The second kappa shape index (κ2) is 9.78. The summed E-state index contributed by atoms with van der Waals surface area (Å²) in [6.07, 6.45) is 0. The Morgan fingerprint density at radius 1 is 1.18 bits per heavy atom. The molecule has 2 N–H and O–H groups in total. The Bertz CT molecular complexity index is 595. The normalized spacial score (nSPS) is 11.0. The largest absolute Gasteiger partial charge is 0.357 e. The van der Waals surface area contributed by atoms with Crippen molar-refractivity contribution >= 4 is 41.3 Å². The number of thiazole rings is 1. The van der Waals surface area contributed by atoms with Gasteiger partial charge in [0.25, 0.3) is 0 Å². The average Bonchev–Trinajstić information content (AvgIpc) is 2.81. The summed E-state index contributed by atoms with van der Waals surface area (Å²) in [5.41, 5.74) is 2.31. The van der Waals surface area contributed by atoms with Crippen LogP contribution in [0.4, 0.5) is 0 Å². The van der Waals surface area contributed by atoms with Gasteiger partial charge in [-0.15, -0.1) is 35.3 Å². The summed E-state index contributed by atoms with van der Waals surface area (Å²) in [7, 11) is 0. The number of nitrogens with one attached hydrogen (secondary N) is 2. The molecule has 0 aliphatic carbocycles. The number of hydrogen-bond donors (Lipinski definition) is 2. The van der Waals surface area contributed by atoms with Crippen molar-refractivity contribution in [3.05, 3.63) is 51.5 Å². The summed E-state index contributed by atoms with van der Waals surface area (Å²) in [4.78, 5) is 10.3. The van der Waals surface area contributed by atoms with Crippen molar-refractivity contribution in [1.82, 2.24) is 15.6 Å². The lowest BCUT2D eigenvalue weighted by molar-refractivity contribution is 0.819. The molecule has 0 spiro atoms. The summed E-state index contributed by atoms with van der Waals surface area (Å²) in [5, 5.41) is 7.75. The van der Waals surface area contributed by atoms with Crippen LogP contribution in [0.2, 0.25) is 0 Å². The van der Waals surface area contributed by atoms with E-state index in [9.17, 15) is 0 Å². The van der Waals surface area contributed by atoms with Crippen molar-refractivity contribution in [2.75, 3.05) is 6.54 Å². The Labute approximate surface area is 153 Å². The average molecular weight is 430 g/mol. The summed E-state index contributed by atoms with van der Waals surface area (Å²) in [5.74, 6) is 0.840. The number of hydrogen-bond acceptors (Lipinski definition) is 3. The van der Waals surface area contributed by atoms with Gasteiger partial charge in [0.1, 0.15) is 0 Å². The van der Waals surface area contributed by atoms with Crippen molar-refractivity contribution in [3.8, 4) is 0 Å². The lowest BCUT2D eigenvalue weighted by Crippen LogP contribution is -2.36. The van der Waals surface area contributed by atoms with Gasteiger partial charge in [0.2, 0.25) is 0 Å². The highest BCUT2D eigenvalue weighted by Crippen LogP contribution is 2.16. The summed E-state index contributed by atoms with van der Waals surface area (Å²) < 4.78 is 0. The molecule has 0 atom stereocenters. The van der Waals surface area contributed by atoms with Gasteiger partial charge in [0.15, 0.2) is 5.96 Å². The van der Waals surface area contributed by atoms with Crippen molar-refractivity contribution in [3.63, 3.8) is 0 Å². The van der Waals surface area contributed by atoms with Gasteiger partial charge < -0.3 is 10.6 Å². The van der Waals surface area contributed by atoms with Gasteiger partial charge in [-0.2, -0.15) is 0 Å². The minimum atomic E-state index is 0. The molecule has 0 fully saturated rings. The molecule has 0 saturated carbocycles. The van der Waals surface area contributed by atoms with Crippen molar-refractivity contribution in [2.24, 2.45) is 4.99 Å². The molecule has 0 amide bonds. The highest BCUT2D eigenvalue weighted by atomic mass is 127. The maximum Gasteiger partial charge on any atom is 0.191 e. The first-order valence-corrected chi connectivity index (χ1v) is 7.99. The zero-order chi connectivity index (χ0) is 15.1. The Kier molecular flexibility index (Phi) is 8.40. The molecule has 6 heteroatoms. The third kappa shape index (κ3) is 5.92. The number of benzene rings is 1. The lowest BCUT2D eigenvalue weighted by Gasteiger charge is -2.10. The minimum absolute atomic E-state index is 0. The Morgan fingerprint density at radius 2 is 1.91 bits per heavy atom. The van der Waals surface area contributed by atoms with E-state index in [1.54, 1.807) is 11.3 Å². The van der Waals surface area contributed by atoms with E-state index in [-0.39, 0.29) is 24.0 Å². The first-order valence-electron chi connectivity index (χ1n) is 7.18. The zero-order valence-corrected chi connectivity index (χ0v) is 16.4. The maximum absolute atomic E-state index is 4.61. The molecule has 0 radical (unpaired) electrons. The van der Waals surface area contributed by atoms with E-state index in [1.165, 1.54) is 10.4 Å². The summed E-state index contributed by atoms with van der Waals surface area (Å²) in [6, 6.07) is 10.3. The topological polar surface area (TPSA) is 49.3 Å². The highest BCUT2D eigenvalue weighted by molar-refractivity contribution is 14.0. The molecule has 0 aliphatic rings. The molecule has 0 bridgehead atoms. The molecule has 1 aromatic heterocycles. The van der Waals surface area contributed by atoms with E-state index < -0.39 is 0 Å². The fraction of sp³-hybridized carbons (Fsp3) is 0.375. The number of aryl methyl sites for hydroxylation is 2. The van der Waals surface area contributed by atoms with E-state index in [4.69, 9.17) is 0 Å². The van der Waals surface area contributed by atoms with Crippen LogP contribution in [0.3, 0.4) is 0 Å². The molecular weight excluding hydrogens is 407 g/mol. The first kappa shape index (κ1) is 18.9. The SMILES string of the molecule is CCNC(=NCc1ccccc1)NCc1sc(C)nc1C.I. The Balaban J connectivity index is 0.00000242. The van der Waals surface area contributed by atoms with Crippen LogP contribution in [0.25, 0.3) is 0 Å². The molecule has 0 aliphatic heterocycles. The third-order valence-corrected chi connectivity index (χ3v) is 4.10. The van der Waals surface area contributed by atoms with Crippen LogP contribution in [-0.4, -0.2) is 17.5 Å². The van der Waals surface area contributed by atoms with E-state index in [2.05, 4.69) is 46.6 Å². The van der Waals surface area contributed by atoms with Crippen molar-refractivity contribution in [2.45, 2.75) is 33.9 Å². The molecule has 4 nitrogen and oxygen atoms in total. The molecule has 120 valence electrons. The van der Waals surface area contributed by atoms with E-state index >= 15 is 0 Å². The van der Waals surface area contributed by atoms with Gasteiger partial charge in [-0.3, -0.25) is 0 Å². The number of halogens is 1. The molecule has 2 rings (SSSR count). The van der Waals surface area contributed by atoms with Gasteiger partial charge in [-0.25, -0.2) is 9.98 Å². The fourth-order valence-corrected chi connectivity index (χ4v) is 2.87. The molecule has 0 saturated heterocycles. The molecule has 22 heavy (non-hydrogen) atoms. The molecular formula is C16H23IN4S. The van der Waals surface area contributed by atoms with Crippen LogP contribution in [-0.2, 0) is 13.1 Å². The Morgan fingerprint density at radius 3 is 2.50 bits per heavy atom. The van der Waals surface area contributed by atoms with Crippen molar-refractivity contribution in [1.29, 1.82) is 0 Å². The molecule has 2 aromatic rings. The van der Waals surface area contributed by atoms with E-state index in [0.717, 1.165) is 29.8 Å². The third-order valence-electron chi connectivity index (χ3n) is 3.02. The number of rotatable bonds is 5. The zero-order valence-electron chi connectivity index (χ0n) is 13.2. The quantitative estimate of drug-likeness (QED) is 0.433. The van der Waals surface area contributed by atoms with Crippen LogP contribution >= 0.6 is 35.3 Å². The number of nitrogens with zero attached hydrogens (tertiary/aromatic N) is 2. The van der Waals surface area contributed by atoms with Gasteiger partial charge >= 0.3 is 0 Å². The molecule has 1 aromatic carbocycles. The van der Waals surface area contributed by atoms with Crippen LogP contribution in [0.5, 0.6) is 0 Å². The van der Waals surface area contributed by atoms with Crippen LogP contribution in [0.15, 0.2) is 35.3 Å². The standard InChI is InChI=1S/C16H22N4S.HI/c1-4-17-16(18-10-14-8-6-5-7-9-14)19-11-15-12(2)20-13(3)21-15;/h5-9H,4,10-11H2,1-3H3,(H2,17,18,19);1H. The van der Waals surface area contributed by atoms with Crippen LogP contribution < -0.4 is 10.6 Å². The number of aromatic nitrogens is 1. The second-order valence-electron chi connectivity index (χ2n) is 4.78. The first-order chi connectivity index (χ1) is 10.2. The maximum atomic E-state index is 4.61. The number of guanidine groups is 1. The fourth-order valence-electron chi connectivity index (χ4n) is 2.00. The van der Waals surface area contributed by atoms with Crippen LogP contribution in [0, 0.1) is 13.8 Å². The summed E-state index contributed by atoms with van der Waals surface area (Å²) in [6.45, 7) is 8.45. The summed E-state index contributed by atoms with van der Waals surface area (Å²) >= 11 is 1.73. The van der Waals surface area contributed by atoms with Gasteiger partial charge in [-0.1, -0.05) is 30.3 Å². The predicted octanol–water partition coefficient (Wildman–Crippen LogP) is 3.63. The van der Waals surface area contributed by atoms with Crippen LogP contribution in [0.1, 0.15) is 28.1 Å². The van der Waals surface area contributed by atoms with E-state index in [0.29, 0.717) is 6.54 Å². The smallest absolute Gasteiger partial charge is 0.191 e. The monoisotopic (exact) mass is 430 g/mol. The van der Waals surface area contributed by atoms with E-state index in [1.807, 2.05) is 25.1 Å². The molecule has 0 unspecified atom stereocenters. The lowest BCUT2D eigenvalue weighted by atomic mass is 10.2.